The second-order valence-corrected chi connectivity index (χ2v) is 6.46. The van der Waals surface area contributed by atoms with Crippen molar-refractivity contribution in [2.45, 2.75) is 19.8 Å². The molecule has 29 heavy (non-hydrogen) atoms. The van der Waals surface area contributed by atoms with Crippen molar-refractivity contribution in [2.24, 2.45) is 5.92 Å². The van der Waals surface area contributed by atoms with Gasteiger partial charge in [-0.15, -0.1) is 0 Å². The first-order valence-corrected chi connectivity index (χ1v) is 9.49. The maximum Gasteiger partial charge on any atom is 0.331 e. The summed E-state index contributed by atoms with van der Waals surface area (Å²) in [6.45, 7) is 2.66. The van der Waals surface area contributed by atoms with Crippen LogP contribution in [0.2, 0.25) is 0 Å². The fraction of sp³-hybridized carbons (Fsp3) is 0.476. The number of methoxy groups -OCH3 is 2. The summed E-state index contributed by atoms with van der Waals surface area (Å²) in [6, 6.07) is 5.20. The van der Waals surface area contributed by atoms with Crippen molar-refractivity contribution in [1.29, 1.82) is 0 Å². The molecule has 2 rings (SSSR count). The lowest BCUT2D eigenvalue weighted by Crippen LogP contribution is -2.42. The molecule has 0 atom stereocenters. The molecule has 0 radical (unpaired) electrons. The zero-order valence-electron chi connectivity index (χ0n) is 17.0. The highest BCUT2D eigenvalue weighted by atomic mass is 16.5. The Morgan fingerprint density at radius 1 is 1.10 bits per heavy atom. The topological polar surface area (TPSA) is 91.4 Å². The molecule has 0 saturated carbocycles. The molecule has 1 aliphatic rings. The second-order valence-electron chi connectivity index (χ2n) is 6.46. The van der Waals surface area contributed by atoms with Gasteiger partial charge in [-0.25, -0.2) is 4.79 Å². The van der Waals surface area contributed by atoms with Crippen molar-refractivity contribution in [3.8, 4) is 11.5 Å². The highest BCUT2D eigenvalue weighted by Crippen LogP contribution is 2.25. The maximum atomic E-state index is 12.2. The molecule has 1 amide bonds. The number of esters is 2. The molecule has 0 spiro atoms. The minimum absolute atomic E-state index is 0.178. The molecular weight excluding hydrogens is 378 g/mol. The number of nitrogens with zero attached hydrogens (tertiary/aromatic N) is 1. The second kappa shape index (κ2) is 11.1. The van der Waals surface area contributed by atoms with Crippen molar-refractivity contribution >= 4 is 23.9 Å². The van der Waals surface area contributed by atoms with Crippen molar-refractivity contribution in [3.63, 3.8) is 0 Å². The van der Waals surface area contributed by atoms with Crippen LogP contribution < -0.4 is 9.47 Å². The number of amides is 1. The van der Waals surface area contributed by atoms with Crippen LogP contribution in [-0.4, -0.2) is 63.3 Å². The van der Waals surface area contributed by atoms with Gasteiger partial charge in [0.05, 0.1) is 26.7 Å². The Labute approximate surface area is 170 Å². The number of benzene rings is 1. The lowest BCUT2D eigenvalue weighted by molar-refractivity contribution is -0.153. The lowest BCUT2D eigenvalue weighted by Gasteiger charge is -2.30. The van der Waals surface area contributed by atoms with Crippen molar-refractivity contribution in [1.82, 2.24) is 4.90 Å². The summed E-state index contributed by atoms with van der Waals surface area (Å²) < 4.78 is 20.5. The molecular formula is C21H27NO7. The van der Waals surface area contributed by atoms with E-state index in [4.69, 9.17) is 18.9 Å². The molecule has 0 aliphatic carbocycles. The molecule has 1 aliphatic heterocycles. The van der Waals surface area contributed by atoms with Crippen LogP contribution in [0, 0.1) is 5.92 Å². The molecule has 158 valence electrons. The number of hydrogen-bond acceptors (Lipinski definition) is 7. The van der Waals surface area contributed by atoms with E-state index < -0.39 is 5.97 Å². The first-order chi connectivity index (χ1) is 14.0. The predicted octanol–water partition coefficient (Wildman–Crippen LogP) is 2.06. The van der Waals surface area contributed by atoms with Crippen LogP contribution in [0.1, 0.15) is 25.3 Å². The van der Waals surface area contributed by atoms with Crippen LogP contribution >= 0.6 is 0 Å². The van der Waals surface area contributed by atoms with Crippen LogP contribution in [0.5, 0.6) is 11.5 Å². The molecule has 8 heteroatoms. The Hall–Kier alpha value is -3.03. The summed E-state index contributed by atoms with van der Waals surface area (Å²) >= 11 is 0. The molecule has 0 N–H and O–H groups in total. The van der Waals surface area contributed by atoms with Gasteiger partial charge in [-0.1, -0.05) is 0 Å². The predicted molar refractivity (Wildman–Crippen MR) is 105 cm³/mol. The third-order valence-electron chi connectivity index (χ3n) is 4.64. The van der Waals surface area contributed by atoms with E-state index in [1.165, 1.54) is 13.2 Å². The Morgan fingerprint density at radius 3 is 2.45 bits per heavy atom. The number of rotatable bonds is 8. The van der Waals surface area contributed by atoms with Gasteiger partial charge in [-0.2, -0.15) is 0 Å². The van der Waals surface area contributed by atoms with Crippen LogP contribution in [0.3, 0.4) is 0 Å². The van der Waals surface area contributed by atoms with Gasteiger partial charge in [0.25, 0.3) is 5.91 Å². The Balaban J connectivity index is 1.81. The molecule has 0 unspecified atom stereocenters. The molecule has 0 aromatic heterocycles. The van der Waals surface area contributed by atoms with E-state index in [9.17, 15) is 14.4 Å². The van der Waals surface area contributed by atoms with Gasteiger partial charge in [0.1, 0.15) is 11.5 Å². The monoisotopic (exact) mass is 405 g/mol. The molecule has 8 nitrogen and oxygen atoms in total. The fourth-order valence-corrected chi connectivity index (χ4v) is 3.02. The minimum Gasteiger partial charge on any atom is -0.497 e. The van der Waals surface area contributed by atoms with Gasteiger partial charge >= 0.3 is 11.9 Å². The zero-order valence-corrected chi connectivity index (χ0v) is 17.0. The van der Waals surface area contributed by atoms with Gasteiger partial charge in [-0.3, -0.25) is 9.59 Å². The third kappa shape index (κ3) is 6.51. The Bertz CT molecular complexity index is 751. The molecule has 1 aromatic rings. The number of carbonyl (C=O) groups is 3. The van der Waals surface area contributed by atoms with E-state index in [0.717, 1.165) is 0 Å². The SMILES string of the molecule is CCOC(=O)C1CCN(C(=O)COC(=O)/C=C/c2cc(OC)ccc2OC)CC1. The molecule has 0 bridgehead atoms. The van der Waals surface area contributed by atoms with Crippen molar-refractivity contribution in [3.05, 3.63) is 29.8 Å². The summed E-state index contributed by atoms with van der Waals surface area (Å²) in [6.07, 6.45) is 3.87. The molecule has 1 aromatic carbocycles. The number of carbonyl (C=O) groups excluding carboxylic acids is 3. The quantitative estimate of drug-likeness (QED) is 0.483. The number of ether oxygens (including phenoxy) is 4. The van der Waals surface area contributed by atoms with Crippen LogP contribution in [-0.2, 0) is 23.9 Å². The first kappa shape index (κ1) is 22.3. The largest absolute Gasteiger partial charge is 0.497 e. The van der Waals surface area contributed by atoms with E-state index in [0.29, 0.717) is 49.6 Å². The number of piperidine rings is 1. The minimum atomic E-state index is -0.635. The average Bonchev–Trinajstić information content (AvgIpc) is 2.75. The van der Waals surface area contributed by atoms with Gasteiger partial charge in [0, 0.05) is 24.7 Å². The highest BCUT2D eigenvalue weighted by molar-refractivity contribution is 5.89. The summed E-state index contributed by atoms with van der Waals surface area (Å²) in [7, 11) is 3.08. The normalized spacial score (nSPS) is 14.5. The Kier molecular flexibility index (Phi) is 8.51. The van der Waals surface area contributed by atoms with Gasteiger partial charge < -0.3 is 23.8 Å². The number of hydrogen-bond donors (Lipinski definition) is 0. The maximum absolute atomic E-state index is 12.2. The molecule has 1 fully saturated rings. The van der Waals surface area contributed by atoms with Gasteiger partial charge in [0.15, 0.2) is 6.61 Å². The summed E-state index contributed by atoms with van der Waals surface area (Å²) in [5.41, 5.74) is 0.649. The summed E-state index contributed by atoms with van der Waals surface area (Å²) in [5, 5.41) is 0. The van der Waals surface area contributed by atoms with Crippen molar-refractivity contribution < 1.29 is 33.3 Å². The van der Waals surface area contributed by atoms with Crippen LogP contribution in [0.4, 0.5) is 0 Å². The fourth-order valence-electron chi connectivity index (χ4n) is 3.02. The van der Waals surface area contributed by atoms with Crippen LogP contribution in [0.15, 0.2) is 24.3 Å². The summed E-state index contributed by atoms with van der Waals surface area (Å²) in [5.74, 6) is -0.111. The van der Waals surface area contributed by atoms with Crippen molar-refractivity contribution in [2.75, 3.05) is 40.5 Å². The van der Waals surface area contributed by atoms with Crippen LogP contribution in [0.25, 0.3) is 6.08 Å². The Morgan fingerprint density at radius 2 is 1.83 bits per heavy atom. The highest BCUT2D eigenvalue weighted by Gasteiger charge is 2.28. The molecule has 1 saturated heterocycles. The molecule has 1 heterocycles. The standard InChI is InChI=1S/C21H27NO7/c1-4-28-21(25)15-9-11-22(12-10-15)19(23)14-29-20(24)8-5-16-13-17(26-2)6-7-18(16)27-3/h5-8,13,15H,4,9-12,14H2,1-3H3/b8-5+. The zero-order chi connectivity index (χ0) is 21.2. The van der Waals surface area contributed by atoms with Gasteiger partial charge in [0.2, 0.25) is 0 Å². The number of likely N-dealkylation sites (tertiary alicyclic amines) is 1. The smallest absolute Gasteiger partial charge is 0.331 e. The van der Waals surface area contributed by atoms with Gasteiger partial charge in [-0.05, 0) is 44.0 Å². The van der Waals surface area contributed by atoms with E-state index in [2.05, 4.69) is 0 Å². The van der Waals surface area contributed by atoms with E-state index >= 15 is 0 Å². The van der Waals surface area contributed by atoms with E-state index in [1.54, 1.807) is 43.2 Å². The summed E-state index contributed by atoms with van der Waals surface area (Å²) in [4.78, 5) is 37.5. The van der Waals surface area contributed by atoms with E-state index in [1.807, 2.05) is 0 Å². The van der Waals surface area contributed by atoms with E-state index in [-0.39, 0.29) is 24.4 Å². The first-order valence-electron chi connectivity index (χ1n) is 9.49. The average molecular weight is 405 g/mol. The third-order valence-corrected chi connectivity index (χ3v) is 4.64. The lowest BCUT2D eigenvalue weighted by atomic mass is 9.97.